The van der Waals surface area contributed by atoms with Crippen LogP contribution in [0.2, 0.25) is 0 Å². The van der Waals surface area contributed by atoms with Gasteiger partial charge in [0.2, 0.25) is 5.91 Å². The number of amides is 1. The molecule has 1 atom stereocenters. The molecule has 1 aliphatic rings. The molecule has 1 aromatic heterocycles. The highest BCUT2D eigenvalue weighted by Crippen LogP contribution is 2.11. The second kappa shape index (κ2) is 5.12. The van der Waals surface area contributed by atoms with Gasteiger partial charge in [-0.2, -0.15) is 0 Å². The molecule has 2 heterocycles. The van der Waals surface area contributed by atoms with Gasteiger partial charge in [0, 0.05) is 12.5 Å². The summed E-state index contributed by atoms with van der Waals surface area (Å²) in [5, 5.41) is 9.85. The second-order valence-corrected chi connectivity index (χ2v) is 4.27. The van der Waals surface area contributed by atoms with Gasteiger partial charge in [-0.25, -0.2) is 0 Å². The molecule has 0 bridgehead atoms. The molecule has 1 unspecified atom stereocenters. The third-order valence-corrected chi connectivity index (χ3v) is 2.77. The van der Waals surface area contributed by atoms with E-state index >= 15 is 0 Å². The normalized spacial score (nSPS) is 19.9. The molecule has 1 aliphatic heterocycles. The van der Waals surface area contributed by atoms with Gasteiger partial charge in [-0.15, -0.1) is 0 Å². The summed E-state index contributed by atoms with van der Waals surface area (Å²) in [6.07, 6.45) is 1.69. The third kappa shape index (κ3) is 3.06. The Balaban J connectivity index is 1.71. The van der Waals surface area contributed by atoms with Crippen molar-refractivity contribution in [2.75, 3.05) is 13.1 Å². The Bertz CT molecular complexity index is 356. The zero-order chi connectivity index (χ0) is 11.4. The number of hydrogen-bond acceptors (Lipinski definition) is 4. The van der Waals surface area contributed by atoms with Gasteiger partial charge in [0.1, 0.15) is 0 Å². The smallest absolute Gasteiger partial charge is 0.220 e. The predicted molar refractivity (Wildman–Crippen MR) is 58.7 cm³/mol. The molecule has 2 N–H and O–H groups in total. The Labute approximate surface area is 94.6 Å². The first-order valence-electron chi connectivity index (χ1n) is 5.63. The summed E-state index contributed by atoms with van der Waals surface area (Å²) in [4.78, 5) is 11.6. The standard InChI is InChI=1S/C11H17N3O2/c1-8-4-10(16-14-8)7-13-11(15)5-9-2-3-12-6-9/h4,9,12H,2-3,5-7H2,1H3,(H,13,15). The summed E-state index contributed by atoms with van der Waals surface area (Å²) in [6.45, 7) is 4.27. The maximum Gasteiger partial charge on any atom is 0.220 e. The fourth-order valence-corrected chi connectivity index (χ4v) is 1.91. The van der Waals surface area contributed by atoms with Crippen LogP contribution in [0, 0.1) is 12.8 Å². The van der Waals surface area contributed by atoms with E-state index in [9.17, 15) is 4.79 Å². The van der Waals surface area contributed by atoms with E-state index in [0.717, 1.165) is 25.2 Å². The van der Waals surface area contributed by atoms with E-state index in [4.69, 9.17) is 4.52 Å². The lowest BCUT2D eigenvalue weighted by Crippen LogP contribution is -2.25. The Morgan fingerprint density at radius 1 is 1.75 bits per heavy atom. The predicted octanol–water partition coefficient (Wildman–Crippen LogP) is 0.599. The van der Waals surface area contributed by atoms with Crippen LogP contribution in [0.4, 0.5) is 0 Å². The molecule has 0 aliphatic carbocycles. The van der Waals surface area contributed by atoms with Crippen molar-refractivity contribution >= 4 is 5.91 Å². The summed E-state index contributed by atoms with van der Waals surface area (Å²) >= 11 is 0. The molecule has 0 aromatic carbocycles. The fraction of sp³-hybridized carbons (Fsp3) is 0.636. The molecule has 88 valence electrons. The minimum Gasteiger partial charge on any atom is -0.359 e. The first kappa shape index (κ1) is 11.1. The monoisotopic (exact) mass is 223 g/mol. The van der Waals surface area contributed by atoms with Crippen LogP contribution in [0.25, 0.3) is 0 Å². The largest absolute Gasteiger partial charge is 0.359 e. The molecular weight excluding hydrogens is 206 g/mol. The second-order valence-electron chi connectivity index (χ2n) is 4.27. The number of aromatic nitrogens is 1. The van der Waals surface area contributed by atoms with Crippen LogP contribution in [0.1, 0.15) is 24.3 Å². The average molecular weight is 223 g/mol. The Morgan fingerprint density at radius 2 is 2.62 bits per heavy atom. The van der Waals surface area contributed by atoms with Crippen LogP contribution in [-0.4, -0.2) is 24.2 Å². The highest BCUT2D eigenvalue weighted by atomic mass is 16.5. The van der Waals surface area contributed by atoms with E-state index in [1.54, 1.807) is 0 Å². The molecule has 2 rings (SSSR count). The van der Waals surface area contributed by atoms with Gasteiger partial charge < -0.3 is 15.2 Å². The van der Waals surface area contributed by atoms with Gasteiger partial charge >= 0.3 is 0 Å². The molecule has 1 saturated heterocycles. The molecule has 0 spiro atoms. The number of hydrogen-bond donors (Lipinski definition) is 2. The van der Waals surface area contributed by atoms with Crippen LogP contribution in [0.15, 0.2) is 10.6 Å². The zero-order valence-corrected chi connectivity index (χ0v) is 9.45. The van der Waals surface area contributed by atoms with Crippen LogP contribution in [0.5, 0.6) is 0 Å². The van der Waals surface area contributed by atoms with Crippen LogP contribution in [0.3, 0.4) is 0 Å². The number of carbonyl (C=O) groups is 1. The quantitative estimate of drug-likeness (QED) is 0.784. The first-order chi connectivity index (χ1) is 7.74. The molecule has 1 amide bonds. The van der Waals surface area contributed by atoms with E-state index < -0.39 is 0 Å². The lowest BCUT2D eigenvalue weighted by molar-refractivity contribution is -0.122. The summed E-state index contributed by atoms with van der Waals surface area (Å²) < 4.78 is 5.01. The van der Waals surface area contributed by atoms with Crippen molar-refractivity contribution in [2.24, 2.45) is 5.92 Å². The molecule has 0 saturated carbocycles. The topological polar surface area (TPSA) is 67.2 Å². The fourth-order valence-electron chi connectivity index (χ4n) is 1.91. The van der Waals surface area contributed by atoms with Crippen molar-refractivity contribution in [1.29, 1.82) is 0 Å². The van der Waals surface area contributed by atoms with E-state index in [1.807, 2.05) is 13.0 Å². The molecule has 1 fully saturated rings. The van der Waals surface area contributed by atoms with E-state index in [0.29, 0.717) is 24.6 Å². The van der Waals surface area contributed by atoms with Crippen LogP contribution < -0.4 is 10.6 Å². The molecular formula is C11H17N3O2. The van der Waals surface area contributed by atoms with Gasteiger partial charge in [0.15, 0.2) is 5.76 Å². The van der Waals surface area contributed by atoms with Crippen LogP contribution >= 0.6 is 0 Å². The average Bonchev–Trinajstić information content (AvgIpc) is 2.87. The van der Waals surface area contributed by atoms with Gasteiger partial charge in [-0.1, -0.05) is 5.16 Å². The summed E-state index contributed by atoms with van der Waals surface area (Å²) in [5.74, 6) is 1.27. The molecule has 5 nitrogen and oxygen atoms in total. The van der Waals surface area contributed by atoms with Crippen molar-refractivity contribution in [2.45, 2.75) is 26.3 Å². The summed E-state index contributed by atoms with van der Waals surface area (Å²) in [6, 6.07) is 1.83. The molecule has 16 heavy (non-hydrogen) atoms. The highest BCUT2D eigenvalue weighted by molar-refractivity contribution is 5.76. The maximum atomic E-state index is 11.6. The summed E-state index contributed by atoms with van der Waals surface area (Å²) in [5.41, 5.74) is 0.837. The van der Waals surface area contributed by atoms with Gasteiger partial charge in [-0.05, 0) is 32.4 Å². The van der Waals surface area contributed by atoms with Crippen LogP contribution in [-0.2, 0) is 11.3 Å². The van der Waals surface area contributed by atoms with Crippen molar-refractivity contribution in [3.63, 3.8) is 0 Å². The molecule has 5 heteroatoms. The van der Waals surface area contributed by atoms with Gasteiger partial charge in [0.25, 0.3) is 0 Å². The zero-order valence-electron chi connectivity index (χ0n) is 9.45. The lowest BCUT2D eigenvalue weighted by atomic mass is 10.0. The minimum absolute atomic E-state index is 0.0859. The number of rotatable bonds is 4. The molecule has 0 radical (unpaired) electrons. The molecule has 1 aromatic rings. The summed E-state index contributed by atoms with van der Waals surface area (Å²) in [7, 11) is 0. The van der Waals surface area contributed by atoms with Crippen molar-refractivity contribution in [3.8, 4) is 0 Å². The Morgan fingerprint density at radius 3 is 3.25 bits per heavy atom. The van der Waals surface area contributed by atoms with E-state index in [-0.39, 0.29) is 5.91 Å². The lowest BCUT2D eigenvalue weighted by Gasteiger charge is -2.07. The third-order valence-electron chi connectivity index (χ3n) is 2.77. The van der Waals surface area contributed by atoms with Gasteiger partial charge in [0.05, 0.1) is 12.2 Å². The number of carbonyl (C=O) groups excluding carboxylic acids is 1. The Hall–Kier alpha value is -1.36. The van der Waals surface area contributed by atoms with Crippen molar-refractivity contribution in [1.82, 2.24) is 15.8 Å². The van der Waals surface area contributed by atoms with E-state index in [2.05, 4.69) is 15.8 Å². The first-order valence-corrected chi connectivity index (χ1v) is 5.63. The minimum atomic E-state index is 0.0859. The highest BCUT2D eigenvalue weighted by Gasteiger charge is 2.17. The number of aryl methyl sites for hydroxylation is 1. The van der Waals surface area contributed by atoms with Crippen molar-refractivity contribution in [3.05, 3.63) is 17.5 Å². The SMILES string of the molecule is Cc1cc(CNC(=O)CC2CCNC2)on1. The number of nitrogens with one attached hydrogen (secondary N) is 2. The Kier molecular flexibility index (Phi) is 3.56. The number of nitrogens with zero attached hydrogens (tertiary/aromatic N) is 1. The maximum absolute atomic E-state index is 11.6. The van der Waals surface area contributed by atoms with Gasteiger partial charge in [-0.3, -0.25) is 4.79 Å². The van der Waals surface area contributed by atoms with E-state index in [1.165, 1.54) is 0 Å². The van der Waals surface area contributed by atoms with Crippen molar-refractivity contribution < 1.29 is 9.32 Å².